The van der Waals surface area contributed by atoms with Crippen molar-refractivity contribution in [2.75, 3.05) is 40.8 Å². The van der Waals surface area contributed by atoms with Gasteiger partial charge in [0.25, 0.3) is 0 Å². The number of hydrogen-bond acceptors (Lipinski definition) is 6. The van der Waals surface area contributed by atoms with E-state index in [0.29, 0.717) is 60.7 Å². The molecule has 36 heavy (non-hydrogen) atoms. The maximum atomic E-state index is 14.0. The largest absolute Gasteiger partial charge is 0.469 e. The fourth-order valence-corrected chi connectivity index (χ4v) is 9.40. The van der Waals surface area contributed by atoms with Crippen LogP contribution in [0.1, 0.15) is 85.0 Å². The van der Waals surface area contributed by atoms with Gasteiger partial charge in [-0.05, 0) is 106 Å². The Hall–Kier alpha value is -0.980. The summed E-state index contributed by atoms with van der Waals surface area (Å²) >= 11 is 0. The number of rotatable bonds is 9. The van der Waals surface area contributed by atoms with Crippen LogP contribution in [0.15, 0.2) is 0 Å². The Labute approximate surface area is 219 Å². The van der Waals surface area contributed by atoms with Gasteiger partial charge in [0.05, 0.1) is 12.7 Å². The number of methoxy groups -OCH3 is 1. The maximum absolute atomic E-state index is 14.0. The summed E-state index contributed by atoms with van der Waals surface area (Å²) in [4.78, 5) is 27.9. The lowest BCUT2D eigenvalue weighted by Crippen LogP contribution is -2.59. The predicted molar refractivity (Wildman–Crippen MR) is 142 cm³/mol. The highest BCUT2D eigenvalue weighted by atomic mass is 16.5. The smallest absolute Gasteiger partial charge is 0.305 e. The van der Waals surface area contributed by atoms with Gasteiger partial charge in [-0.2, -0.15) is 0 Å². The van der Waals surface area contributed by atoms with Crippen molar-refractivity contribution < 1.29 is 19.4 Å². The van der Waals surface area contributed by atoms with Gasteiger partial charge >= 0.3 is 5.97 Å². The third-order valence-electron chi connectivity index (χ3n) is 11.7. The number of carbonyl (C=O) groups excluding carboxylic acids is 2. The Morgan fingerprint density at radius 1 is 1.17 bits per heavy atom. The number of nitrogens with zero attached hydrogens (tertiary/aromatic N) is 1. The maximum Gasteiger partial charge on any atom is 0.305 e. The molecule has 6 nitrogen and oxygen atoms in total. The number of esters is 1. The molecule has 0 aliphatic heterocycles. The van der Waals surface area contributed by atoms with E-state index >= 15 is 0 Å². The van der Waals surface area contributed by atoms with E-state index in [-0.39, 0.29) is 16.8 Å². The Kier molecular flexibility index (Phi) is 8.29. The molecule has 0 amide bonds. The third kappa shape index (κ3) is 5.03. The first-order valence-electron chi connectivity index (χ1n) is 14.6. The van der Waals surface area contributed by atoms with Crippen LogP contribution in [0.4, 0.5) is 0 Å². The number of Topliss-reactive ketones (excluding diaryl/α,β-unsaturated/α-hetero) is 1. The molecule has 2 N–H and O–H groups in total. The first kappa shape index (κ1) is 28.0. The zero-order valence-electron chi connectivity index (χ0n) is 23.8. The molecular weight excluding hydrogens is 452 g/mol. The van der Waals surface area contributed by atoms with E-state index in [1.54, 1.807) is 0 Å². The zero-order chi connectivity index (χ0) is 26.3. The van der Waals surface area contributed by atoms with Gasteiger partial charge < -0.3 is 20.1 Å². The summed E-state index contributed by atoms with van der Waals surface area (Å²) in [5.41, 5.74) is -0.708. The standard InChI is InChI=1S/C30H52N2O4/c1-20(7-12-27(34)36-6)23-10-11-24-22-9-8-21-18-30(35,19-31-15-16-32(4)5)14-13-28(21,2)25(22)17-26(33)29(23,24)3/h20-25,31,35H,7-19H2,1-6H3/t20-,21-,22+,23-,24+,25+,28+,29-,30+/m1/s1. The van der Waals surface area contributed by atoms with Crippen LogP contribution in [-0.4, -0.2) is 68.2 Å². The second kappa shape index (κ2) is 10.6. The molecule has 9 atom stereocenters. The van der Waals surface area contributed by atoms with Crippen LogP contribution in [-0.2, 0) is 14.3 Å². The van der Waals surface area contributed by atoms with Crippen LogP contribution in [0.5, 0.6) is 0 Å². The number of carbonyl (C=O) groups is 2. The molecule has 4 aliphatic rings. The van der Waals surface area contributed by atoms with Gasteiger partial charge in [-0.25, -0.2) is 0 Å². The van der Waals surface area contributed by atoms with Crippen molar-refractivity contribution in [3.05, 3.63) is 0 Å². The van der Waals surface area contributed by atoms with Crippen LogP contribution in [0.2, 0.25) is 0 Å². The summed E-state index contributed by atoms with van der Waals surface area (Å²) in [6.45, 7) is 9.52. The third-order valence-corrected chi connectivity index (χ3v) is 11.7. The highest BCUT2D eigenvalue weighted by Gasteiger charge is 2.64. The summed E-state index contributed by atoms with van der Waals surface area (Å²) in [6, 6.07) is 0. The normalized spacial score (nSPS) is 43.0. The average Bonchev–Trinajstić information content (AvgIpc) is 3.20. The molecule has 0 heterocycles. The summed E-state index contributed by atoms with van der Waals surface area (Å²) < 4.78 is 4.87. The molecule has 0 unspecified atom stereocenters. The molecule has 6 heteroatoms. The van der Waals surface area contributed by atoms with Gasteiger partial charge in [-0.3, -0.25) is 9.59 Å². The van der Waals surface area contributed by atoms with E-state index in [1.165, 1.54) is 20.0 Å². The van der Waals surface area contributed by atoms with Crippen molar-refractivity contribution in [2.24, 2.45) is 46.3 Å². The summed E-state index contributed by atoms with van der Waals surface area (Å²) in [5.74, 6) is 3.12. The summed E-state index contributed by atoms with van der Waals surface area (Å²) in [5, 5.41) is 15.0. The minimum absolute atomic E-state index is 0.145. The van der Waals surface area contributed by atoms with Gasteiger partial charge in [0.15, 0.2) is 0 Å². The Morgan fingerprint density at radius 2 is 1.92 bits per heavy atom. The number of hydrogen-bond donors (Lipinski definition) is 2. The molecule has 206 valence electrons. The fourth-order valence-electron chi connectivity index (χ4n) is 9.40. The Morgan fingerprint density at radius 3 is 2.61 bits per heavy atom. The molecule has 4 rings (SSSR count). The first-order valence-corrected chi connectivity index (χ1v) is 14.6. The minimum Gasteiger partial charge on any atom is -0.469 e. The summed E-state index contributed by atoms with van der Waals surface area (Å²) in [7, 11) is 5.61. The number of aliphatic hydroxyl groups is 1. The molecule has 0 aromatic heterocycles. The number of likely N-dealkylation sites (N-methyl/N-ethyl adjacent to an activating group) is 1. The average molecular weight is 505 g/mol. The van der Waals surface area contributed by atoms with Crippen LogP contribution in [0.3, 0.4) is 0 Å². The topological polar surface area (TPSA) is 78.9 Å². The number of ether oxygens (including phenoxy) is 1. The Bertz CT molecular complexity index is 817. The number of fused-ring (bicyclic) bond motifs is 5. The number of ketones is 1. The molecular formula is C30H52N2O4. The monoisotopic (exact) mass is 504 g/mol. The lowest BCUT2D eigenvalue weighted by atomic mass is 9.43. The van der Waals surface area contributed by atoms with Gasteiger partial charge in [-0.15, -0.1) is 0 Å². The number of nitrogens with one attached hydrogen (secondary N) is 1. The predicted octanol–water partition coefficient (Wildman–Crippen LogP) is 4.30. The van der Waals surface area contributed by atoms with Crippen molar-refractivity contribution in [3.8, 4) is 0 Å². The first-order chi connectivity index (χ1) is 16.9. The lowest BCUT2D eigenvalue weighted by molar-refractivity contribution is -0.167. The van der Waals surface area contributed by atoms with Crippen molar-refractivity contribution in [2.45, 2.75) is 90.6 Å². The molecule has 0 aromatic carbocycles. The van der Waals surface area contributed by atoms with Crippen molar-refractivity contribution in [1.29, 1.82) is 0 Å². The molecule has 4 aliphatic carbocycles. The molecule has 4 saturated carbocycles. The van der Waals surface area contributed by atoms with Crippen molar-refractivity contribution >= 4 is 11.8 Å². The van der Waals surface area contributed by atoms with Gasteiger partial charge in [-0.1, -0.05) is 20.8 Å². The highest BCUT2D eigenvalue weighted by Crippen LogP contribution is 2.67. The van der Waals surface area contributed by atoms with E-state index < -0.39 is 5.60 Å². The molecule has 0 saturated heterocycles. The van der Waals surface area contributed by atoms with E-state index in [2.05, 4.69) is 45.1 Å². The molecule has 0 spiro atoms. The molecule has 4 fully saturated rings. The van der Waals surface area contributed by atoms with Crippen molar-refractivity contribution in [1.82, 2.24) is 10.2 Å². The van der Waals surface area contributed by atoms with E-state index in [0.717, 1.165) is 51.6 Å². The van der Waals surface area contributed by atoms with Gasteiger partial charge in [0.2, 0.25) is 0 Å². The molecule has 0 radical (unpaired) electrons. The highest BCUT2D eigenvalue weighted by molar-refractivity contribution is 5.87. The summed E-state index contributed by atoms with van der Waals surface area (Å²) in [6.07, 6.45) is 9.34. The zero-order valence-corrected chi connectivity index (χ0v) is 23.8. The second-order valence-corrected chi connectivity index (χ2v) is 13.8. The van der Waals surface area contributed by atoms with E-state index in [1.807, 2.05) is 0 Å². The van der Waals surface area contributed by atoms with Crippen LogP contribution in [0.25, 0.3) is 0 Å². The van der Waals surface area contributed by atoms with Crippen LogP contribution < -0.4 is 5.32 Å². The quantitative estimate of drug-likeness (QED) is 0.360. The minimum atomic E-state index is -0.621. The van der Waals surface area contributed by atoms with Crippen LogP contribution in [0, 0.1) is 46.3 Å². The molecule has 0 bridgehead atoms. The lowest BCUT2D eigenvalue weighted by Gasteiger charge is -2.61. The van der Waals surface area contributed by atoms with Gasteiger partial charge in [0, 0.05) is 37.9 Å². The Balaban J connectivity index is 1.44. The van der Waals surface area contributed by atoms with Gasteiger partial charge in [0.1, 0.15) is 5.78 Å². The van der Waals surface area contributed by atoms with E-state index in [9.17, 15) is 14.7 Å². The van der Waals surface area contributed by atoms with E-state index in [4.69, 9.17) is 4.74 Å². The fraction of sp³-hybridized carbons (Fsp3) is 0.933. The SMILES string of the molecule is COC(=O)CC[C@@H](C)[C@H]1CC[C@H]2[C@@H]3CC[C@@H]4C[C@](O)(CNCCN(C)C)CC[C@]4(C)[C@H]3CC(=O)[C@]12C. The van der Waals surface area contributed by atoms with Crippen LogP contribution >= 0.6 is 0 Å². The second-order valence-electron chi connectivity index (χ2n) is 13.8. The molecule has 0 aromatic rings. The van der Waals surface area contributed by atoms with Crippen molar-refractivity contribution in [3.63, 3.8) is 0 Å².